The first-order valence-electron chi connectivity index (χ1n) is 11.4. The molecule has 10 nitrogen and oxygen atoms in total. The third kappa shape index (κ3) is 6.34. The van der Waals surface area contributed by atoms with Crippen molar-refractivity contribution in [3.05, 3.63) is 30.0 Å². The van der Waals surface area contributed by atoms with Crippen molar-refractivity contribution >= 4 is 23.9 Å². The van der Waals surface area contributed by atoms with Gasteiger partial charge >= 0.3 is 5.97 Å². The molecule has 184 valence electrons. The number of phenols is 1. The lowest BCUT2D eigenvalue weighted by Gasteiger charge is -2.37. The van der Waals surface area contributed by atoms with E-state index < -0.39 is 11.6 Å². The number of aromatic nitrogens is 2. The van der Waals surface area contributed by atoms with Crippen molar-refractivity contribution in [3.8, 4) is 17.1 Å². The van der Waals surface area contributed by atoms with Gasteiger partial charge in [-0.2, -0.15) is 0 Å². The van der Waals surface area contributed by atoms with Crippen molar-refractivity contribution < 1.29 is 24.3 Å². The molecule has 1 aromatic heterocycles. The van der Waals surface area contributed by atoms with Gasteiger partial charge in [0, 0.05) is 11.6 Å². The zero-order valence-electron chi connectivity index (χ0n) is 20.1. The number of hydrogen-bond donors (Lipinski definition) is 3. The van der Waals surface area contributed by atoms with Crippen molar-refractivity contribution in [3.63, 3.8) is 0 Å². The Hall–Kier alpha value is -3.40. The van der Waals surface area contributed by atoms with Crippen LogP contribution in [0.4, 0.5) is 11.5 Å². The van der Waals surface area contributed by atoms with Gasteiger partial charge < -0.3 is 20.9 Å². The Morgan fingerprint density at radius 2 is 1.97 bits per heavy atom. The standard InChI is InChI=1S/C24H33N5O5/c1-5-33-23(32)20-19(25)22(28-21(27-20)15-7-6-8-18(31)13-15)26-16-9-11-17(12-10-16)29(14-30)34-24(2,3)4/h6-8,13-14,16-17,31H,5,9-12,25H2,1-4H3,(H,26,27,28). The molecule has 0 radical (unpaired) electrons. The summed E-state index contributed by atoms with van der Waals surface area (Å²) in [6, 6.07) is 6.47. The molecule has 1 aliphatic rings. The van der Waals surface area contributed by atoms with E-state index in [9.17, 15) is 14.7 Å². The van der Waals surface area contributed by atoms with Crippen LogP contribution in [0, 0.1) is 0 Å². The second-order valence-corrected chi connectivity index (χ2v) is 9.25. The molecular weight excluding hydrogens is 438 g/mol. The van der Waals surface area contributed by atoms with E-state index in [-0.39, 0.29) is 41.6 Å². The normalized spacial score (nSPS) is 18.2. The second-order valence-electron chi connectivity index (χ2n) is 9.25. The van der Waals surface area contributed by atoms with Crippen LogP contribution in [0.1, 0.15) is 63.9 Å². The molecule has 4 N–H and O–H groups in total. The molecule has 1 aliphatic carbocycles. The SMILES string of the molecule is CCOC(=O)c1nc(-c2cccc(O)c2)nc(NC2CCC(N(C=O)OC(C)(C)C)CC2)c1N. The molecule has 1 aromatic carbocycles. The number of ether oxygens (including phenoxy) is 1. The maximum atomic E-state index is 12.5. The van der Waals surface area contributed by atoms with E-state index in [0.717, 1.165) is 32.1 Å². The molecule has 34 heavy (non-hydrogen) atoms. The number of nitrogens with one attached hydrogen (secondary N) is 1. The van der Waals surface area contributed by atoms with Gasteiger partial charge in [0.2, 0.25) is 6.41 Å². The van der Waals surface area contributed by atoms with Crippen molar-refractivity contribution in [1.29, 1.82) is 0 Å². The van der Waals surface area contributed by atoms with Gasteiger partial charge in [-0.3, -0.25) is 9.63 Å². The summed E-state index contributed by atoms with van der Waals surface area (Å²) >= 11 is 0. The zero-order valence-corrected chi connectivity index (χ0v) is 20.1. The number of benzene rings is 1. The Morgan fingerprint density at radius 1 is 1.26 bits per heavy atom. The average Bonchev–Trinajstić information content (AvgIpc) is 2.79. The summed E-state index contributed by atoms with van der Waals surface area (Å²) in [7, 11) is 0. The van der Waals surface area contributed by atoms with Gasteiger partial charge in [0.15, 0.2) is 17.3 Å². The van der Waals surface area contributed by atoms with E-state index in [4.69, 9.17) is 15.3 Å². The first-order chi connectivity index (χ1) is 16.1. The highest BCUT2D eigenvalue weighted by Crippen LogP contribution is 2.31. The maximum absolute atomic E-state index is 12.5. The van der Waals surface area contributed by atoms with Gasteiger partial charge in [-0.1, -0.05) is 12.1 Å². The largest absolute Gasteiger partial charge is 0.508 e. The predicted molar refractivity (Wildman–Crippen MR) is 128 cm³/mol. The summed E-state index contributed by atoms with van der Waals surface area (Å²) in [5.74, 6) is -0.00904. The fraction of sp³-hybridized carbons (Fsp3) is 0.500. The number of amides is 1. The fourth-order valence-corrected chi connectivity index (χ4v) is 3.87. The van der Waals surface area contributed by atoms with Gasteiger partial charge in [-0.25, -0.2) is 19.8 Å². The summed E-state index contributed by atoms with van der Waals surface area (Å²) in [6.07, 6.45) is 3.72. The van der Waals surface area contributed by atoms with Crippen LogP contribution in [-0.4, -0.2) is 56.8 Å². The molecular formula is C24H33N5O5. The number of esters is 1. The van der Waals surface area contributed by atoms with E-state index in [1.165, 1.54) is 17.2 Å². The molecule has 0 aliphatic heterocycles. The van der Waals surface area contributed by atoms with Gasteiger partial charge in [0.1, 0.15) is 11.4 Å². The first kappa shape index (κ1) is 25.2. The molecule has 0 spiro atoms. The minimum Gasteiger partial charge on any atom is -0.508 e. The van der Waals surface area contributed by atoms with Gasteiger partial charge in [0.05, 0.1) is 18.2 Å². The van der Waals surface area contributed by atoms with Crippen LogP contribution in [0.25, 0.3) is 11.4 Å². The van der Waals surface area contributed by atoms with Crippen LogP contribution >= 0.6 is 0 Å². The quantitative estimate of drug-likeness (QED) is 0.300. The Labute approximate surface area is 199 Å². The van der Waals surface area contributed by atoms with Crippen molar-refractivity contribution in [2.24, 2.45) is 0 Å². The van der Waals surface area contributed by atoms with Crippen LogP contribution < -0.4 is 11.1 Å². The summed E-state index contributed by atoms with van der Waals surface area (Å²) in [4.78, 5) is 38.7. The highest BCUT2D eigenvalue weighted by atomic mass is 16.7. The van der Waals surface area contributed by atoms with Crippen LogP contribution in [0.2, 0.25) is 0 Å². The number of rotatable bonds is 8. The van der Waals surface area contributed by atoms with Crippen molar-refractivity contribution in [2.75, 3.05) is 17.7 Å². The highest BCUT2D eigenvalue weighted by Gasteiger charge is 2.30. The fourth-order valence-electron chi connectivity index (χ4n) is 3.87. The Bertz CT molecular complexity index is 1020. The van der Waals surface area contributed by atoms with Crippen molar-refractivity contribution in [1.82, 2.24) is 15.0 Å². The third-order valence-electron chi connectivity index (χ3n) is 5.40. The first-order valence-corrected chi connectivity index (χ1v) is 11.4. The summed E-state index contributed by atoms with van der Waals surface area (Å²) in [5.41, 5.74) is 6.42. The Kier molecular flexibility index (Phi) is 7.93. The molecule has 10 heteroatoms. The molecule has 1 saturated carbocycles. The average molecular weight is 472 g/mol. The monoisotopic (exact) mass is 471 g/mol. The topological polar surface area (TPSA) is 140 Å². The minimum absolute atomic E-state index is 0.0181. The van der Waals surface area contributed by atoms with E-state index in [0.29, 0.717) is 11.4 Å². The predicted octanol–water partition coefficient (Wildman–Crippen LogP) is 3.52. The Balaban J connectivity index is 1.81. The van der Waals surface area contributed by atoms with Gasteiger partial charge in [-0.15, -0.1) is 0 Å². The number of phenolic OH excluding ortho intramolecular Hbond substituents is 1. The molecule has 1 heterocycles. The van der Waals surface area contributed by atoms with E-state index in [2.05, 4.69) is 15.3 Å². The lowest BCUT2D eigenvalue weighted by molar-refractivity contribution is -0.235. The van der Waals surface area contributed by atoms with Gasteiger partial charge in [-0.05, 0) is 65.5 Å². The molecule has 1 amide bonds. The number of hydrogen-bond acceptors (Lipinski definition) is 9. The minimum atomic E-state index is -0.642. The number of nitrogen functional groups attached to an aromatic ring is 1. The van der Waals surface area contributed by atoms with Crippen LogP contribution in [0.3, 0.4) is 0 Å². The molecule has 0 atom stereocenters. The second kappa shape index (κ2) is 10.7. The maximum Gasteiger partial charge on any atom is 0.359 e. The van der Waals surface area contributed by atoms with Gasteiger partial charge in [0.25, 0.3) is 0 Å². The van der Waals surface area contributed by atoms with Crippen molar-refractivity contribution in [2.45, 2.75) is 71.1 Å². The number of nitrogens with zero attached hydrogens (tertiary/aromatic N) is 3. The lowest BCUT2D eigenvalue weighted by atomic mass is 9.91. The zero-order chi connectivity index (χ0) is 24.9. The number of anilines is 2. The number of aromatic hydroxyl groups is 1. The number of hydroxylamine groups is 2. The molecule has 3 rings (SSSR count). The molecule has 0 saturated heterocycles. The third-order valence-corrected chi connectivity index (χ3v) is 5.40. The summed E-state index contributed by atoms with van der Waals surface area (Å²) in [5, 5.41) is 14.6. The number of carbonyl (C=O) groups is 2. The summed E-state index contributed by atoms with van der Waals surface area (Å²) in [6.45, 7) is 7.59. The molecule has 2 aromatic rings. The van der Waals surface area contributed by atoms with E-state index in [1.54, 1.807) is 19.1 Å². The molecule has 1 fully saturated rings. The smallest absolute Gasteiger partial charge is 0.359 e. The number of nitrogens with two attached hydrogens (primary N) is 1. The van der Waals surface area contributed by atoms with Crippen LogP contribution in [0.5, 0.6) is 5.75 Å². The molecule has 0 unspecified atom stereocenters. The molecule has 0 bridgehead atoms. The van der Waals surface area contributed by atoms with Crippen LogP contribution in [0.15, 0.2) is 24.3 Å². The van der Waals surface area contributed by atoms with E-state index in [1.807, 2.05) is 20.8 Å². The lowest BCUT2D eigenvalue weighted by Crippen LogP contribution is -2.43. The van der Waals surface area contributed by atoms with E-state index >= 15 is 0 Å². The number of carbonyl (C=O) groups excluding carboxylic acids is 2. The Morgan fingerprint density at radius 3 is 2.56 bits per heavy atom. The highest BCUT2D eigenvalue weighted by molar-refractivity contribution is 5.96. The summed E-state index contributed by atoms with van der Waals surface area (Å²) < 4.78 is 5.12. The van der Waals surface area contributed by atoms with Crippen LogP contribution in [-0.2, 0) is 14.4 Å².